The van der Waals surface area contributed by atoms with Crippen LogP contribution in [0.5, 0.6) is 0 Å². The predicted octanol–water partition coefficient (Wildman–Crippen LogP) is 2.95. The number of nitrogens with one attached hydrogen (secondary N) is 1. The molecule has 0 radical (unpaired) electrons. The van der Waals surface area contributed by atoms with Crippen molar-refractivity contribution in [2.45, 2.75) is 46.0 Å². The van der Waals surface area contributed by atoms with Crippen LogP contribution in [0.2, 0.25) is 0 Å². The molecule has 1 fully saturated rings. The average Bonchev–Trinajstić information content (AvgIpc) is 2.26. The largest absolute Gasteiger partial charge is 0.355 e. The summed E-state index contributed by atoms with van der Waals surface area (Å²) in [6, 6.07) is 0. The van der Waals surface area contributed by atoms with Crippen molar-refractivity contribution in [2.75, 3.05) is 12.4 Å². The maximum Gasteiger partial charge on any atom is 0.225 e. The van der Waals surface area contributed by atoms with E-state index in [0.717, 1.165) is 12.8 Å². The molecule has 0 aromatic rings. The average molecular weight is 232 g/mol. The number of carbonyl (C=O) groups is 1. The van der Waals surface area contributed by atoms with E-state index in [9.17, 15) is 4.79 Å². The third-order valence-corrected chi connectivity index (χ3v) is 3.91. The molecule has 1 N–H and O–H groups in total. The first-order valence-electron chi connectivity index (χ1n) is 5.93. The van der Waals surface area contributed by atoms with Gasteiger partial charge in [0.25, 0.3) is 0 Å². The Kier molecular flexibility index (Phi) is 4.91. The number of amides is 1. The van der Waals surface area contributed by atoms with E-state index in [1.807, 2.05) is 0 Å². The Labute approximate surface area is 97.8 Å². The third-order valence-electron chi connectivity index (χ3n) is 3.38. The maximum atomic E-state index is 12.0. The number of alkyl halides is 1. The minimum Gasteiger partial charge on any atom is -0.355 e. The topological polar surface area (TPSA) is 29.1 Å². The zero-order valence-corrected chi connectivity index (χ0v) is 10.6. The molecule has 15 heavy (non-hydrogen) atoms. The van der Waals surface area contributed by atoms with Crippen molar-refractivity contribution < 1.29 is 4.79 Å². The molecular weight excluding hydrogens is 210 g/mol. The summed E-state index contributed by atoms with van der Waals surface area (Å²) in [5.41, 5.74) is -0.121. The van der Waals surface area contributed by atoms with E-state index in [-0.39, 0.29) is 11.3 Å². The molecule has 0 heterocycles. The van der Waals surface area contributed by atoms with Gasteiger partial charge in [-0.25, -0.2) is 0 Å². The van der Waals surface area contributed by atoms with Crippen LogP contribution < -0.4 is 5.32 Å². The van der Waals surface area contributed by atoms with E-state index in [2.05, 4.69) is 19.2 Å². The lowest BCUT2D eigenvalue weighted by Crippen LogP contribution is -2.42. The van der Waals surface area contributed by atoms with Gasteiger partial charge in [0.15, 0.2) is 0 Å². The fourth-order valence-corrected chi connectivity index (χ4v) is 2.20. The second kappa shape index (κ2) is 5.74. The highest BCUT2D eigenvalue weighted by Crippen LogP contribution is 2.35. The van der Waals surface area contributed by atoms with Gasteiger partial charge in [-0.15, -0.1) is 11.6 Å². The summed E-state index contributed by atoms with van der Waals surface area (Å²) in [6.45, 7) is 4.85. The van der Waals surface area contributed by atoms with E-state index in [1.165, 1.54) is 19.3 Å². The van der Waals surface area contributed by atoms with Crippen LogP contribution in [-0.4, -0.2) is 18.3 Å². The lowest BCUT2D eigenvalue weighted by Gasteiger charge is -2.32. The number of hydrogen-bond donors (Lipinski definition) is 1. The Morgan fingerprint density at radius 3 is 2.53 bits per heavy atom. The molecule has 0 aromatic heterocycles. The van der Waals surface area contributed by atoms with Gasteiger partial charge in [0.1, 0.15) is 0 Å². The first kappa shape index (κ1) is 12.8. The van der Waals surface area contributed by atoms with Crippen LogP contribution in [0.25, 0.3) is 0 Å². The molecule has 1 amide bonds. The molecular formula is C12H22ClNO. The Balaban J connectivity index is 2.37. The molecule has 0 aromatic carbocycles. The Morgan fingerprint density at radius 1 is 1.40 bits per heavy atom. The fraction of sp³-hybridized carbons (Fsp3) is 0.917. The summed E-state index contributed by atoms with van der Waals surface area (Å²) < 4.78 is 0. The summed E-state index contributed by atoms with van der Waals surface area (Å²) in [5, 5.41) is 3.02. The molecule has 0 spiro atoms. The van der Waals surface area contributed by atoms with Gasteiger partial charge in [-0.05, 0) is 18.8 Å². The normalized spacial score (nSPS) is 22.1. The molecule has 0 bridgehead atoms. The zero-order valence-electron chi connectivity index (χ0n) is 9.81. The molecule has 0 aliphatic heterocycles. The standard InChI is InChI=1S/C12H22ClNO/c1-10(8-13)9-14-11(15)12(2)6-4-3-5-7-12/h10H,3-9H2,1-2H3,(H,14,15). The van der Waals surface area contributed by atoms with Gasteiger partial charge >= 0.3 is 0 Å². The minimum atomic E-state index is -0.121. The summed E-state index contributed by atoms with van der Waals surface area (Å²) in [4.78, 5) is 12.0. The molecule has 0 saturated heterocycles. The first-order valence-corrected chi connectivity index (χ1v) is 6.46. The van der Waals surface area contributed by atoms with Crippen molar-refractivity contribution in [3.63, 3.8) is 0 Å². The van der Waals surface area contributed by atoms with Gasteiger partial charge in [-0.1, -0.05) is 33.1 Å². The van der Waals surface area contributed by atoms with Crippen molar-refractivity contribution in [3.8, 4) is 0 Å². The van der Waals surface area contributed by atoms with E-state index >= 15 is 0 Å². The van der Waals surface area contributed by atoms with E-state index in [1.54, 1.807) is 0 Å². The number of hydrogen-bond acceptors (Lipinski definition) is 1. The number of rotatable bonds is 4. The van der Waals surface area contributed by atoms with Crippen LogP contribution in [0.1, 0.15) is 46.0 Å². The van der Waals surface area contributed by atoms with Gasteiger partial charge in [-0.2, -0.15) is 0 Å². The quantitative estimate of drug-likeness (QED) is 0.741. The second-order valence-corrected chi connectivity index (χ2v) is 5.40. The van der Waals surface area contributed by atoms with E-state index < -0.39 is 0 Å². The van der Waals surface area contributed by atoms with Gasteiger partial charge in [0.2, 0.25) is 5.91 Å². The molecule has 2 nitrogen and oxygen atoms in total. The molecule has 1 aliphatic rings. The summed E-state index contributed by atoms with van der Waals surface area (Å²) in [6.07, 6.45) is 5.73. The molecule has 3 heteroatoms. The Morgan fingerprint density at radius 2 is 2.00 bits per heavy atom. The molecule has 1 atom stereocenters. The number of carbonyl (C=O) groups excluding carboxylic acids is 1. The van der Waals surface area contributed by atoms with Gasteiger partial charge in [-0.3, -0.25) is 4.79 Å². The fourth-order valence-electron chi connectivity index (χ4n) is 2.09. The monoisotopic (exact) mass is 231 g/mol. The van der Waals surface area contributed by atoms with Crippen LogP contribution in [-0.2, 0) is 4.79 Å². The van der Waals surface area contributed by atoms with Crippen molar-refractivity contribution in [1.82, 2.24) is 5.32 Å². The van der Waals surface area contributed by atoms with Gasteiger partial charge < -0.3 is 5.32 Å². The summed E-state index contributed by atoms with van der Waals surface area (Å²) >= 11 is 5.70. The predicted molar refractivity (Wildman–Crippen MR) is 64.1 cm³/mol. The Hall–Kier alpha value is -0.240. The molecule has 1 unspecified atom stereocenters. The summed E-state index contributed by atoms with van der Waals surface area (Å²) in [7, 11) is 0. The number of halogens is 1. The van der Waals surface area contributed by atoms with Crippen LogP contribution in [0, 0.1) is 11.3 Å². The van der Waals surface area contributed by atoms with Gasteiger partial charge in [0, 0.05) is 17.8 Å². The third kappa shape index (κ3) is 3.67. The molecule has 1 rings (SSSR count). The first-order chi connectivity index (χ1) is 7.08. The molecule has 1 saturated carbocycles. The molecule has 1 aliphatic carbocycles. The SMILES string of the molecule is CC(CCl)CNC(=O)C1(C)CCCCC1. The highest BCUT2D eigenvalue weighted by atomic mass is 35.5. The molecule has 88 valence electrons. The Bertz CT molecular complexity index is 212. The van der Waals surface area contributed by atoms with Crippen molar-refractivity contribution in [2.24, 2.45) is 11.3 Å². The van der Waals surface area contributed by atoms with Crippen LogP contribution >= 0.6 is 11.6 Å². The highest BCUT2D eigenvalue weighted by Gasteiger charge is 2.34. The maximum absolute atomic E-state index is 12.0. The summed E-state index contributed by atoms with van der Waals surface area (Å²) in [5.74, 6) is 1.19. The highest BCUT2D eigenvalue weighted by molar-refractivity contribution is 6.18. The smallest absolute Gasteiger partial charge is 0.225 e. The van der Waals surface area contributed by atoms with Crippen LogP contribution in [0.4, 0.5) is 0 Å². The lowest BCUT2D eigenvalue weighted by atomic mass is 9.75. The minimum absolute atomic E-state index is 0.121. The van der Waals surface area contributed by atoms with Crippen LogP contribution in [0.3, 0.4) is 0 Å². The zero-order chi connectivity index (χ0) is 11.3. The van der Waals surface area contributed by atoms with Crippen LogP contribution in [0.15, 0.2) is 0 Å². The van der Waals surface area contributed by atoms with Crippen molar-refractivity contribution in [1.29, 1.82) is 0 Å². The van der Waals surface area contributed by atoms with E-state index in [4.69, 9.17) is 11.6 Å². The van der Waals surface area contributed by atoms with Crippen molar-refractivity contribution >= 4 is 17.5 Å². The second-order valence-electron chi connectivity index (χ2n) is 5.09. The van der Waals surface area contributed by atoms with Gasteiger partial charge in [0.05, 0.1) is 0 Å². The van der Waals surface area contributed by atoms with E-state index in [0.29, 0.717) is 18.3 Å². The lowest BCUT2D eigenvalue weighted by molar-refractivity contribution is -0.132. The van der Waals surface area contributed by atoms with Crippen molar-refractivity contribution in [3.05, 3.63) is 0 Å².